The van der Waals surface area contributed by atoms with Crippen LogP contribution in [0.2, 0.25) is 0 Å². The van der Waals surface area contributed by atoms with Crippen LogP contribution in [0.4, 0.5) is 0 Å². The van der Waals surface area contributed by atoms with Crippen molar-refractivity contribution < 1.29 is 0 Å². The average Bonchev–Trinajstić information content (AvgIpc) is 2.47. The monoisotopic (exact) mass is 180 g/mol. The first-order valence-electron chi connectivity index (χ1n) is 5.59. The summed E-state index contributed by atoms with van der Waals surface area (Å²) < 4.78 is 0. The standard InChI is InChI=1S/C11H20N2/c1-3-7-11(12-8-4-1)13-9-5-2-6-10-13/h2,5,11-12H,1,3-4,6-10H2. The van der Waals surface area contributed by atoms with Gasteiger partial charge in [-0.25, -0.2) is 0 Å². The van der Waals surface area contributed by atoms with E-state index in [9.17, 15) is 0 Å². The maximum absolute atomic E-state index is 3.64. The maximum Gasteiger partial charge on any atom is 0.0599 e. The molecule has 0 spiro atoms. The van der Waals surface area contributed by atoms with E-state index < -0.39 is 0 Å². The Morgan fingerprint density at radius 2 is 2.15 bits per heavy atom. The molecule has 2 aliphatic rings. The van der Waals surface area contributed by atoms with Gasteiger partial charge in [-0.1, -0.05) is 25.0 Å². The highest BCUT2D eigenvalue weighted by molar-refractivity contribution is 4.92. The molecule has 0 aromatic heterocycles. The van der Waals surface area contributed by atoms with Gasteiger partial charge in [0.25, 0.3) is 0 Å². The zero-order valence-electron chi connectivity index (χ0n) is 8.34. The maximum atomic E-state index is 3.64. The molecule has 0 amide bonds. The molecule has 2 aliphatic heterocycles. The van der Waals surface area contributed by atoms with Crippen LogP contribution in [0.1, 0.15) is 32.1 Å². The van der Waals surface area contributed by atoms with Crippen molar-refractivity contribution in [2.45, 2.75) is 38.3 Å². The van der Waals surface area contributed by atoms with Crippen LogP contribution in [0.25, 0.3) is 0 Å². The lowest BCUT2D eigenvalue weighted by molar-refractivity contribution is 0.175. The fraction of sp³-hybridized carbons (Fsp3) is 0.818. The van der Waals surface area contributed by atoms with Crippen molar-refractivity contribution in [2.24, 2.45) is 0 Å². The molecular weight excluding hydrogens is 160 g/mol. The molecule has 0 aromatic rings. The quantitative estimate of drug-likeness (QED) is 0.618. The van der Waals surface area contributed by atoms with E-state index in [1.54, 1.807) is 0 Å². The van der Waals surface area contributed by atoms with Crippen molar-refractivity contribution in [1.82, 2.24) is 10.2 Å². The van der Waals surface area contributed by atoms with E-state index in [0.29, 0.717) is 6.17 Å². The van der Waals surface area contributed by atoms with Crippen molar-refractivity contribution >= 4 is 0 Å². The number of rotatable bonds is 1. The molecule has 0 aliphatic carbocycles. The van der Waals surface area contributed by atoms with E-state index in [-0.39, 0.29) is 0 Å². The van der Waals surface area contributed by atoms with Gasteiger partial charge in [0, 0.05) is 13.1 Å². The molecule has 2 nitrogen and oxygen atoms in total. The van der Waals surface area contributed by atoms with Gasteiger partial charge in [0.15, 0.2) is 0 Å². The zero-order chi connectivity index (χ0) is 8.93. The molecule has 74 valence electrons. The Bertz CT molecular complexity index is 169. The van der Waals surface area contributed by atoms with E-state index in [2.05, 4.69) is 22.4 Å². The van der Waals surface area contributed by atoms with Crippen molar-refractivity contribution in [3.05, 3.63) is 12.2 Å². The van der Waals surface area contributed by atoms with Gasteiger partial charge in [-0.2, -0.15) is 0 Å². The number of nitrogens with one attached hydrogen (secondary N) is 1. The Kier molecular flexibility index (Phi) is 3.39. The fourth-order valence-electron chi connectivity index (χ4n) is 2.26. The van der Waals surface area contributed by atoms with Crippen molar-refractivity contribution in [1.29, 1.82) is 0 Å². The summed E-state index contributed by atoms with van der Waals surface area (Å²) in [6.07, 6.45) is 12.0. The third kappa shape index (κ3) is 2.55. The molecule has 13 heavy (non-hydrogen) atoms. The lowest BCUT2D eigenvalue weighted by Crippen LogP contribution is -2.46. The molecule has 1 fully saturated rings. The molecule has 0 bridgehead atoms. The van der Waals surface area contributed by atoms with Gasteiger partial charge in [-0.3, -0.25) is 4.90 Å². The minimum absolute atomic E-state index is 0.660. The minimum atomic E-state index is 0.660. The third-order valence-corrected chi connectivity index (χ3v) is 3.06. The number of hydrogen-bond donors (Lipinski definition) is 1. The first-order valence-corrected chi connectivity index (χ1v) is 5.59. The lowest BCUT2D eigenvalue weighted by atomic mass is 10.1. The van der Waals surface area contributed by atoms with Gasteiger partial charge in [0.1, 0.15) is 0 Å². The number of hydrogen-bond acceptors (Lipinski definition) is 2. The minimum Gasteiger partial charge on any atom is -0.302 e. The van der Waals surface area contributed by atoms with E-state index in [1.165, 1.54) is 45.2 Å². The second kappa shape index (κ2) is 4.77. The van der Waals surface area contributed by atoms with Crippen LogP contribution in [0.15, 0.2) is 12.2 Å². The predicted molar refractivity (Wildman–Crippen MR) is 55.6 cm³/mol. The molecule has 2 heterocycles. The van der Waals surface area contributed by atoms with Gasteiger partial charge in [0.05, 0.1) is 6.17 Å². The van der Waals surface area contributed by atoms with Crippen LogP contribution in [-0.4, -0.2) is 30.7 Å². The van der Waals surface area contributed by atoms with Crippen molar-refractivity contribution in [2.75, 3.05) is 19.6 Å². The Hall–Kier alpha value is -0.340. The van der Waals surface area contributed by atoms with Gasteiger partial charge in [0.2, 0.25) is 0 Å². The summed E-state index contributed by atoms with van der Waals surface area (Å²) in [5.41, 5.74) is 0. The summed E-state index contributed by atoms with van der Waals surface area (Å²) in [6, 6.07) is 0. The summed E-state index contributed by atoms with van der Waals surface area (Å²) in [4.78, 5) is 2.57. The summed E-state index contributed by atoms with van der Waals surface area (Å²) in [6.45, 7) is 3.61. The summed E-state index contributed by atoms with van der Waals surface area (Å²) in [7, 11) is 0. The van der Waals surface area contributed by atoms with Crippen molar-refractivity contribution in [3.63, 3.8) is 0 Å². The third-order valence-electron chi connectivity index (χ3n) is 3.06. The molecule has 1 saturated heterocycles. The molecule has 1 N–H and O–H groups in total. The highest BCUT2D eigenvalue weighted by Gasteiger charge is 2.18. The Morgan fingerprint density at radius 1 is 1.15 bits per heavy atom. The summed E-state index contributed by atoms with van der Waals surface area (Å²) in [5.74, 6) is 0. The van der Waals surface area contributed by atoms with E-state index in [4.69, 9.17) is 0 Å². The van der Waals surface area contributed by atoms with Crippen molar-refractivity contribution in [3.8, 4) is 0 Å². The predicted octanol–water partition coefficient (Wildman–Crippen LogP) is 1.74. The highest BCUT2D eigenvalue weighted by Crippen LogP contribution is 2.14. The first kappa shape index (κ1) is 9.22. The Labute approximate surface area is 81.0 Å². The van der Waals surface area contributed by atoms with E-state index in [1.807, 2.05) is 0 Å². The fourth-order valence-corrected chi connectivity index (χ4v) is 2.26. The Morgan fingerprint density at radius 3 is 3.00 bits per heavy atom. The highest BCUT2D eigenvalue weighted by atomic mass is 15.3. The van der Waals surface area contributed by atoms with E-state index in [0.717, 1.165) is 6.54 Å². The molecule has 0 aromatic carbocycles. The average molecular weight is 180 g/mol. The van der Waals surface area contributed by atoms with Gasteiger partial charge < -0.3 is 5.32 Å². The zero-order valence-corrected chi connectivity index (χ0v) is 8.34. The van der Waals surface area contributed by atoms with Gasteiger partial charge >= 0.3 is 0 Å². The van der Waals surface area contributed by atoms with Crippen LogP contribution in [0.5, 0.6) is 0 Å². The van der Waals surface area contributed by atoms with Crippen LogP contribution < -0.4 is 5.32 Å². The molecule has 2 heteroatoms. The summed E-state index contributed by atoms with van der Waals surface area (Å²) in [5, 5.41) is 3.64. The molecule has 1 atom stereocenters. The lowest BCUT2D eigenvalue weighted by Gasteiger charge is -2.32. The van der Waals surface area contributed by atoms with Crippen LogP contribution in [0.3, 0.4) is 0 Å². The topological polar surface area (TPSA) is 15.3 Å². The smallest absolute Gasteiger partial charge is 0.0599 e. The Balaban J connectivity index is 1.86. The second-order valence-corrected chi connectivity index (χ2v) is 4.07. The van der Waals surface area contributed by atoms with Gasteiger partial charge in [-0.15, -0.1) is 0 Å². The van der Waals surface area contributed by atoms with Crippen LogP contribution >= 0.6 is 0 Å². The van der Waals surface area contributed by atoms with Gasteiger partial charge in [-0.05, 0) is 25.8 Å². The molecule has 0 radical (unpaired) electrons. The molecule has 0 saturated carbocycles. The van der Waals surface area contributed by atoms with Crippen LogP contribution in [0, 0.1) is 0 Å². The van der Waals surface area contributed by atoms with Crippen LogP contribution in [-0.2, 0) is 0 Å². The largest absolute Gasteiger partial charge is 0.302 e. The van der Waals surface area contributed by atoms with E-state index >= 15 is 0 Å². The first-order chi connectivity index (χ1) is 6.47. The molecular formula is C11H20N2. The second-order valence-electron chi connectivity index (χ2n) is 4.07. The molecule has 1 unspecified atom stereocenters. The molecule has 2 rings (SSSR count). The number of nitrogens with zero attached hydrogens (tertiary/aromatic N) is 1. The SMILES string of the molecule is C1=CCN(C2CCCCCN2)CC1. The normalized spacial score (nSPS) is 31.5. The summed E-state index contributed by atoms with van der Waals surface area (Å²) >= 11 is 0.